The van der Waals surface area contributed by atoms with Crippen molar-refractivity contribution in [3.63, 3.8) is 0 Å². The van der Waals surface area contributed by atoms with Gasteiger partial charge in [0, 0.05) is 70.6 Å². The van der Waals surface area contributed by atoms with Gasteiger partial charge in [-0.25, -0.2) is 9.59 Å². The molecule has 0 aromatic rings. The van der Waals surface area contributed by atoms with Crippen LogP contribution in [0, 0.1) is 91.7 Å². The molecule has 0 amide bonds. The lowest BCUT2D eigenvalue weighted by molar-refractivity contribution is -0.182. The van der Waals surface area contributed by atoms with Crippen molar-refractivity contribution < 1.29 is 48.5 Å². The van der Waals surface area contributed by atoms with E-state index in [4.69, 9.17) is 30.6 Å². The molecule has 8 aliphatic rings. The molecule has 368 valence electrons. The van der Waals surface area contributed by atoms with Crippen LogP contribution in [0.5, 0.6) is 0 Å². The zero-order valence-electron chi connectivity index (χ0n) is 41.0. The van der Waals surface area contributed by atoms with Gasteiger partial charge in [0.2, 0.25) is 0 Å². The molecule has 0 radical (unpaired) electrons. The van der Waals surface area contributed by atoms with Crippen LogP contribution in [0.2, 0.25) is 0 Å². The minimum absolute atomic E-state index is 0.00805. The molecule has 8 saturated carbocycles. The number of carbonyl (C=O) groups is 4. The van der Waals surface area contributed by atoms with Crippen LogP contribution in [0.4, 0.5) is 0 Å². The van der Waals surface area contributed by atoms with Crippen LogP contribution in [0.1, 0.15) is 132 Å². The van der Waals surface area contributed by atoms with Gasteiger partial charge in [0.1, 0.15) is 37.0 Å². The summed E-state index contributed by atoms with van der Waals surface area (Å²) in [6.07, 6.45) is 10.8. The number of hydrogen-bond acceptors (Lipinski definition) is 14. The fraction of sp³-hybridized carbons (Fsp3) is 0.846. The van der Waals surface area contributed by atoms with Crippen molar-refractivity contribution in [2.45, 2.75) is 145 Å². The maximum Gasteiger partial charge on any atom is 0.331 e. The van der Waals surface area contributed by atoms with Crippen LogP contribution in [-0.2, 0) is 38.3 Å². The monoisotopic (exact) mass is 921 g/mol. The molecule has 0 aromatic heterocycles. The van der Waals surface area contributed by atoms with Crippen molar-refractivity contribution in [3.8, 4) is 0 Å². The van der Waals surface area contributed by atoms with Crippen molar-refractivity contribution in [1.29, 1.82) is 0 Å². The molecule has 8 fully saturated rings. The van der Waals surface area contributed by atoms with Crippen LogP contribution in [0.3, 0.4) is 0 Å². The second-order valence-corrected chi connectivity index (χ2v) is 24.0. The molecular weight excluding hydrogens is 841 g/mol. The fourth-order valence-corrected chi connectivity index (χ4v) is 17.7. The minimum atomic E-state index is -0.606. The average Bonchev–Trinajstić information content (AvgIpc) is 3.78. The largest absolute Gasteiger partial charge is 0.459 e. The molecule has 16 atom stereocenters. The van der Waals surface area contributed by atoms with Gasteiger partial charge in [-0.05, 0) is 123 Å². The highest BCUT2D eigenvalue weighted by Gasteiger charge is 2.70. The number of Topliss-reactive ketones (excluding diaryl/α,β-unsaturated/α-hetero) is 2. The summed E-state index contributed by atoms with van der Waals surface area (Å²) in [6, 6.07) is 0. The standard InChI is InChI=1S/C52H80N4O10/c1-47(2)35(55-63-25-23-53)17-21-51(7)33-15-19-49(5)31(41(33)43(61)29(27-57)45(47)51)9-11-37(49)65-39(59)13-14-40(60)66-38-12-10-32-42-34(16-20-50(32,38)6)52(8)22-18-36(56-64-26-24-54)48(3,4)46(52)30(28-58)44(42)62/h13-14,29-34,37-38,41-42,45-46,57-58H,9-12,15-28,53-54H2,1-8H3/b14-13+,55-35+,56-36+/t29?,30?,31-,32-,33+,34+,37?,38?,41-,42-,45?,46?,49-,50-,51+,52+/m0/s1. The highest BCUT2D eigenvalue weighted by atomic mass is 16.6. The van der Waals surface area contributed by atoms with E-state index in [2.05, 4.69) is 65.7 Å². The van der Waals surface area contributed by atoms with Gasteiger partial charge in [0.25, 0.3) is 0 Å². The van der Waals surface area contributed by atoms with Crippen molar-refractivity contribution in [1.82, 2.24) is 0 Å². The molecule has 0 spiro atoms. The molecule has 14 heteroatoms. The summed E-state index contributed by atoms with van der Waals surface area (Å²) in [5.41, 5.74) is 11.0. The Bertz CT molecular complexity index is 1860. The number of fused-ring (bicyclic) bond motifs is 10. The number of aliphatic hydroxyl groups is 2. The van der Waals surface area contributed by atoms with Gasteiger partial charge in [0.05, 0.1) is 24.6 Å². The van der Waals surface area contributed by atoms with Gasteiger partial charge in [0.15, 0.2) is 0 Å². The van der Waals surface area contributed by atoms with Gasteiger partial charge in [-0.1, -0.05) is 65.7 Å². The Morgan fingerprint density at radius 1 is 0.576 bits per heavy atom. The van der Waals surface area contributed by atoms with Gasteiger partial charge in [-0.15, -0.1) is 0 Å². The molecule has 66 heavy (non-hydrogen) atoms. The topological polar surface area (TPSA) is 222 Å². The molecule has 14 nitrogen and oxygen atoms in total. The van der Waals surface area contributed by atoms with Gasteiger partial charge >= 0.3 is 11.9 Å². The summed E-state index contributed by atoms with van der Waals surface area (Å²) in [6.45, 7) is 18.4. The third kappa shape index (κ3) is 7.54. The molecule has 0 saturated heterocycles. The number of carbonyl (C=O) groups excluding carboxylic acids is 4. The van der Waals surface area contributed by atoms with Gasteiger partial charge in [-0.2, -0.15) is 0 Å². The summed E-state index contributed by atoms with van der Waals surface area (Å²) in [7, 11) is 0. The first-order valence-corrected chi connectivity index (χ1v) is 25.4. The second kappa shape index (κ2) is 18.0. The SMILES string of the molecule is CC1(C)/C(=N/OCCN)CC[C@@]2(C)C1C(CO)C(=O)[C@@H]1[C@H]2CC[C@]2(C)C(OC(=O)/C=C/C(=O)OC3CC[C@H]4[C@@H]5C(=O)C(CO)C6C(C)(C)/C(=N/OCCN)CC[C@]6(C)[C@@H]5CC[C@]34C)CC[C@@H]12. The average molecular weight is 921 g/mol. The third-order valence-electron chi connectivity index (χ3n) is 20.6. The molecule has 0 aromatic carbocycles. The van der Waals surface area contributed by atoms with Crippen molar-refractivity contribution in [2.75, 3.05) is 39.5 Å². The van der Waals surface area contributed by atoms with E-state index in [1.54, 1.807) is 0 Å². The summed E-state index contributed by atoms with van der Waals surface area (Å²) in [5, 5.41) is 30.8. The van der Waals surface area contributed by atoms with E-state index in [1.807, 2.05) is 0 Å². The predicted octanol–water partition coefficient (Wildman–Crippen LogP) is 6.18. The van der Waals surface area contributed by atoms with Gasteiger partial charge in [-0.3, -0.25) is 9.59 Å². The van der Waals surface area contributed by atoms with Crippen molar-refractivity contribution >= 4 is 34.9 Å². The number of ether oxygens (including phenoxy) is 2. The zero-order chi connectivity index (χ0) is 47.8. The zero-order valence-corrected chi connectivity index (χ0v) is 41.0. The lowest BCUT2D eigenvalue weighted by Gasteiger charge is -2.64. The Morgan fingerprint density at radius 2 is 0.939 bits per heavy atom. The second-order valence-electron chi connectivity index (χ2n) is 24.0. The number of esters is 2. The Hall–Kier alpha value is -3.20. The molecule has 0 bridgehead atoms. The lowest BCUT2D eigenvalue weighted by atomic mass is 9.39. The van der Waals surface area contributed by atoms with Gasteiger partial charge < -0.3 is 40.8 Å². The summed E-state index contributed by atoms with van der Waals surface area (Å²) < 4.78 is 12.4. The summed E-state index contributed by atoms with van der Waals surface area (Å²) in [4.78, 5) is 67.5. The summed E-state index contributed by atoms with van der Waals surface area (Å²) >= 11 is 0. The number of nitrogens with two attached hydrogens (primary N) is 2. The van der Waals surface area contributed by atoms with Crippen LogP contribution >= 0.6 is 0 Å². The van der Waals surface area contributed by atoms with E-state index < -0.39 is 57.6 Å². The van der Waals surface area contributed by atoms with E-state index in [1.165, 1.54) is 12.2 Å². The van der Waals surface area contributed by atoms with Crippen LogP contribution in [-0.4, -0.2) is 96.9 Å². The van der Waals surface area contributed by atoms with E-state index in [9.17, 15) is 29.4 Å². The number of oxime groups is 2. The minimum Gasteiger partial charge on any atom is -0.459 e. The molecule has 6 N–H and O–H groups in total. The first-order valence-electron chi connectivity index (χ1n) is 25.4. The highest BCUT2D eigenvalue weighted by molar-refractivity contribution is 5.95. The number of nitrogens with zero attached hydrogens (tertiary/aromatic N) is 2. The number of aliphatic hydroxyl groups excluding tert-OH is 2. The maximum atomic E-state index is 14.7. The predicted molar refractivity (Wildman–Crippen MR) is 248 cm³/mol. The third-order valence-corrected chi connectivity index (χ3v) is 20.6. The maximum absolute atomic E-state index is 14.7. The number of hydrogen-bond donors (Lipinski definition) is 4. The number of ketones is 2. The van der Waals surface area contributed by atoms with E-state index in [0.29, 0.717) is 39.1 Å². The fourth-order valence-electron chi connectivity index (χ4n) is 17.7. The van der Waals surface area contributed by atoms with Crippen molar-refractivity contribution in [2.24, 2.45) is 113 Å². The van der Waals surface area contributed by atoms with Crippen LogP contribution in [0.25, 0.3) is 0 Å². The van der Waals surface area contributed by atoms with Crippen LogP contribution < -0.4 is 11.5 Å². The van der Waals surface area contributed by atoms with E-state index in [0.717, 1.165) is 75.6 Å². The molecule has 0 aliphatic heterocycles. The Kier molecular flexibility index (Phi) is 13.4. The van der Waals surface area contributed by atoms with Crippen LogP contribution in [0.15, 0.2) is 22.5 Å². The molecule has 6 unspecified atom stereocenters. The quantitative estimate of drug-likeness (QED) is 0.0746. The Balaban J connectivity index is 0.912. The molecule has 0 heterocycles. The first kappa shape index (κ1) is 49.2. The normalized spacial score (nSPS) is 45.6. The smallest absolute Gasteiger partial charge is 0.331 e. The number of rotatable bonds is 12. The Morgan fingerprint density at radius 3 is 1.29 bits per heavy atom. The summed E-state index contributed by atoms with van der Waals surface area (Å²) in [5.74, 6) is -2.41. The molecule has 8 aliphatic carbocycles. The highest BCUT2D eigenvalue weighted by Crippen LogP contribution is 2.71. The van der Waals surface area contributed by atoms with Crippen molar-refractivity contribution in [3.05, 3.63) is 12.2 Å². The first-order chi connectivity index (χ1) is 31.2. The van der Waals surface area contributed by atoms with E-state index in [-0.39, 0.29) is 83.0 Å². The molecule has 8 rings (SSSR count). The molecular formula is C52H80N4O10. The van der Waals surface area contributed by atoms with E-state index >= 15 is 0 Å². The lowest BCUT2D eigenvalue weighted by Crippen LogP contribution is -2.65. The Labute approximate surface area is 392 Å².